The average Bonchev–Trinajstić information content (AvgIpc) is 3.86. The largest absolute Gasteiger partial charge is 0.309 e. The van der Waals surface area contributed by atoms with Crippen molar-refractivity contribution in [3.63, 3.8) is 0 Å². The van der Waals surface area contributed by atoms with Crippen molar-refractivity contribution in [3.05, 3.63) is 170 Å². The van der Waals surface area contributed by atoms with E-state index in [9.17, 15) is 0 Å². The van der Waals surface area contributed by atoms with Gasteiger partial charge >= 0.3 is 0 Å². The van der Waals surface area contributed by atoms with E-state index in [1.165, 1.54) is 63.9 Å². The van der Waals surface area contributed by atoms with Gasteiger partial charge in [0.2, 0.25) is 5.95 Å². The van der Waals surface area contributed by atoms with Crippen molar-refractivity contribution in [1.29, 1.82) is 0 Å². The Morgan fingerprint density at radius 2 is 1.12 bits per heavy atom. The van der Waals surface area contributed by atoms with Crippen molar-refractivity contribution in [2.75, 3.05) is 0 Å². The standard InChI is InChI=1S/C46H28N4S/c1-2-11-29(12-3-1)30-21-23-41-37(28-30)44-42(24-22-36-35-17-6-9-20-43(35)51-45(36)44)50(41)46-47-26-25-38(48-46)31-13-10-14-32(27-31)49-39-18-7-4-15-33(39)34-16-5-8-19-40(34)49/h1-28H. The van der Waals surface area contributed by atoms with Crippen molar-refractivity contribution in [3.8, 4) is 34.0 Å². The van der Waals surface area contributed by atoms with Crippen LogP contribution in [0.25, 0.3) is 97.8 Å². The van der Waals surface area contributed by atoms with Crippen molar-refractivity contribution >= 4 is 75.1 Å². The van der Waals surface area contributed by atoms with Crippen molar-refractivity contribution in [2.45, 2.75) is 0 Å². The van der Waals surface area contributed by atoms with Crippen LogP contribution in [0.15, 0.2) is 170 Å². The van der Waals surface area contributed by atoms with Crippen LogP contribution < -0.4 is 0 Å². The zero-order valence-corrected chi connectivity index (χ0v) is 28.2. The predicted molar refractivity (Wildman–Crippen MR) is 214 cm³/mol. The molecule has 0 saturated heterocycles. The number of hydrogen-bond acceptors (Lipinski definition) is 3. The zero-order chi connectivity index (χ0) is 33.5. The van der Waals surface area contributed by atoms with Gasteiger partial charge in [-0.05, 0) is 65.7 Å². The third-order valence-electron chi connectivity index (χ3n) is 10.2. The number of hydrogen-bond donors (Lipinski definition) is 0. The topological polar surface area (TPSA) is 35.6 Å². The summed E-state index contributed by atoms with van der Waals surface area (Å²) in [6, 6.07) is 58.6. The Kier molecular flexibility index (Phi) is 6.09. The first-order valence-corrected chi connectivity index (χ1v) is 18.0. The molecule has 4 heterocycles. The Morgan fingerprint density at radius 1 is 0.431 bits per heavy atom. The fourth-order valence-corrected chi connectivity index (χ4v) is 9.19. The van der Waals surface area contributed by atoms with Gasteiger partial charge in [-0.2, -0.15) is 0 Å². The quantitative estimate of drug-likeness (QED) is 0.187. The molecule has 11 rings (SSSR count). The third kappa shape index (κ3) is 4.25. The zero-order valence-electron chi connectivity index (χ0n) is 27.4. The summed E-state index contributed by atoms with van der Waals surface area (Å²) in [6.45, 7) is 0. The summed E-state index contributed by atoms with van der Waals surface area (Å²) < 4.78 is 7.17. The van der Waals surface area contributed by atoms with Gasteiger partial charge < -0.3 is 4.57 Å². The lowest BCUT2D eigenvalue weighted by Crippen LogP contribution is -2.02. The highest BCUT2D eigenvalue weighted by molar-refractivity contribution is 7.26. The minimum atomic E-state index is 0.655. The Bertz CT molecular complexity index is 3090. The van der Waals surface area contributed by atoms with E-state index in [1.807, 2.05) is 23.6 Å². The molecular formula is C46H28N4S. The molecule has 4 aromatic heterocycles. The van der Waals surface area contributed by atoms with E-state index in [4.69, 9.17) is 9.97 Å². The molecular weight excluding hydrogens is 641 g/mol. The summed E-state index contributed by atoms with van der Waals surface area (Å²) in [6.07, 6.45) is 1.89. The van der Waals surface area contributed by atoms with Gasteiger partial charge in [0.05, 0.1) is 27.8 Å². The van der Waals surface area contributed by atoms with Crippen LogP contribution in [0.3, 0.4) is 0 Å². The van der Waals surface area contributed by atoms with Crippen LogP contribution >= 0.6 is 11.3 Å². The van der Waals surface area contributed by atoms with Crippen LogP contribution in [0.1, 0.15) is 0 Å². The van der Waals surface area contributed by atoms with Gasteiger partial charge in [-0.15, -0.1) is 11.3 Å². The fourth-order valence-electron chi connectivity index (χ4n) is 7.93. The average molecular weight is 669 g/mol. The van der Waals surface area contributed by atoms with Crippen molar-refractivity contribution in [1.82, 2.24) is 19.1 Å². The van der Waals surface area contributed by atoms with E-state index in [-0.39, 0.29) is 0 Å². The molecule has 0 atom stereocenters. The number of aromatic nitrogens is 4. The first kappa shape index (κ1) is 28.3. The molecule has 0 aliphatic carbocycles. The fraction of sp³-hybridized carbons (Fsp3) is 0. The number of benzene rings is 7. The maximum Gasteiger partial charge on any atom is 0.235 e. The van der Waals surface area contributed by atoms with Gasteiger partial charge in [0, 0.05) is 59.2 Å². The van der Waals surface area contributed by atoms with Gasteiger partial charge in [-0.3, -0.25) is 4.57 Å². The lowest BCUT2D eigenvalue weighted by atomic mass is 10.0. The van der Waals surface area contributed by atoms with E-state index in [0.717, 1.165) is 28.0 Å². The summed E-state index contributed by atoms with van der Waals surface area (Å²) in [4.78, 5) is 10.2. The molecule has 11 aromatic rings. The minimum Gasteiger partial charge on any atom is -0.309 e. The second-order valence-corrected chi connectivity index (χ2v) is 14.1. The molecule has 51 heavy (non-hydrogen) atoms. The van der Waals surface area contributed by atoms with Crippen molar-refractivity contribution in [2.24, 2.45) is 0 Å². The number of thiophene rings is 1. The van der Waals surface area contributed by atoms with Crippen LogP contribution in [0.5, 0.6) is 0 Å². The van der Waals surface area contributed by atoms with Crippen LogP contribution in [0.2, 0.25) is 0 Å². The highest BCUT2D eigenvalue weighted by Crippen LogP contribution is 2.44. The molecule has 0 saturated carbocycles. The van der Waals surface area contributed by atoms with Crippen LogP contribution in [-0.2, 0) is 0 Å². The van der Waals surface area contributed by atoms with Crippen LogP contribution in [0.4, 0.5) is 0 Å². The lowest BCUT2D eigenvalue weighted by molar-refractivity contribution is 0.992. The first-order valence-electron chi connectivity index (χ1n) is 17.2. The van der Waals surface area contributed by atoms with Crippen LogP contribution in [-0.4, -0.2) is 19.1 Å². The van der Waals surface area contributed by atoms with Crippen LogP contribution in [0, 0.1) is 0 Å². The molecule has 0 N–H and O–H groups in total. The maximum atomic E-state index is 5.28. The molecule has 4 nitrogen and oxygen atoms in total. The molecule has 5 heteroatoms. The molecule has 0 amide bonds. The molecule has 0 bridgehead atoms. The molecule has 0 aliphatic rings. The number of nitrogens with zero attached hydrogens (tertiary/aromatic N) is 4. The molecule has 7 aromatic carbocycles. The third-order valence-corrected chi connectivity index (χ3v) is 11.4. The molecule has 0 fully saturated rings. The molecule has 0 aliphatic heterocycles. The smallest absolute Gasteiger partial charge is 0.235 e. The first-order chi connectivity index (χ1) is 25.3. The highest BCUT2D eigenvalue weighted by atomic mass is 32.1. The van der Waals surface area contributed by atoms with E-state index in [0.29, 0.717) is 5.95 Å². The summed E-state index contributed by atoms with van der Waals surface area (Å²) in [5, 5.41) is 7.51. The molecule has 0 spiro atoms. The maximum absolute atomic E-state index is 5.28. The Labute approximate surface area is 297 Å². The summed E-state index contributed by atoms with van der Waals surface area (Å²) in [7, 11) is 0. The Balaban J connectivity index is 1.13. The number of fused-ring (bicyclic) bond motifs is 10. The molecule has 0 unspecified atom stereocenters. The predicted octanol–water partition coefficient (Wildman–Crippen LogP) is 12.4. The minimum absolute atomic E-state index is 0.655. The van der Waals surface area contributed by atoms with E-state index >= 15 is 0 Å². The van der Waals surface area contributed by atoms with Gasteiger partial charge in [0.15, 0.2) is 0 Å². The summed E-state index contributed by atoms with van der Waals surface area (Å²) in [5.41, 5.74) is 9.97. The van der Waals surface area contributed by atoms with Crippen molar-refractivity contribution < 1.29 is 0 Å². The van der Waals surface area contributed by atoms with Gasteiger partial charge in [-0.25, -0.2) is 9.97 Å². The Morgan fingerprint density at radius 3 is 1.94 bits per heavy atom. The Hall–Kier alpha value is -6.56. The normalized spacial score (nSPS) is 11.9. The molecule has 238 valence electrons. The van der Waals surface area contributed by atoms with Gasteiger partial charge in [0.1, 0.15) is 0 Å². The molecule has 0 radical (unpaired) electrons. The lowest BCUT2D eigenvalue weighted by Gasteiger charge is -2.11. The van der Waals surface area contributed by atoms with E-state index < -0.39 is 0 Å². The summed E-state index contributed by atoms with van der Waals surface area (Å²) in [5.74, 6) is 0.655. The SMILES string of the molecule is c1ccc(-c2ccc3c(c2)c2c4sc5ccccc5c4ccc2n3-c2nccc(-c3cccc(-n4c5ccccc5c5ccccc54)c3)n2)cc1. The van der Waals surface area contributed by atoms with E-state index in [1.54, 1.807) is 0 Å². The second-order valence-electron chi connectivity index (χ2n) is 13.0. The number of para-hydroxylation sites is 2. The summed E-state index contributed by atoms with van der Waals surface area (Å²) >= 11 is 1.86. The second kappa shape index (κ2) is 11.0. The van der Waals surface area contributed by atoms with Gasteiger partial charge in [-0.1, -0.05) is 109 Å². The monoisotopic (exact) mass is 668 g/mol. The van der Waals surface area contributed by atoms with Gasteiger partial charge in [0.25, 0.3) is 0 Å². The highest BCUT2D eigenvalue weighted by Gasteiger charge is 2.20. The number of rotatable bonds is 4. The van der Waals surface area contributed by atoms with E-state index in [2.05, 4.69) is 167 Å².